The second-order valence-electron chi connectivity index (χ2n) is 5.71. The van der Waals surface area contributed by atoms with Gasteiger partial charge < -0.3 is 14.8 Å². The highest BCUT2D eigenvalue weighted by molar-refractivity contribution is 7.17. The molecule has 26 heavy (non-hydrogen) atoms. The van der Waals surface area contributed by atoms with Gasteiger partial charge in [-0.25, -0.2) is 4.79 Å². The fourth-order valence-corrected chi connectivity index (χ4v) is 4.49. The first-order valence-corrected chi connectivity index (χ1v) is 9.04. The number of methoxy groups -OCH3 is 2. The summed E-state index contributed by atoms with van der Waals surface area (Å²) in [5.41, 5.74) is 1.18. The van der Waals surface area contributed by atoms with Crippen LogP contribution >= 0.6 is 22.9 Å². The molecule has 0 fully saturated rings. The number of fused-ring (bicyclic) bond motifs is 1. The highest BCUT2D eigenvalue weighted by Gasteiger charge is 2.38. The Hall–Kier alpha value is -2.38. The van der Waals surface area contributed by atoms with Gasteiger partial charge in [-0.05, 0) is 36.6 Å². The van der Waals surface area contributed by atoms with E-state index in [1.54, 1.807) is 18.2 Å². The second-order valence-corrected chi connectivity index (χ2v) is 7.26. The van der Waals surface area contributed by atoms with Gasteiger partial charge in [-0.3, -0.25) is 9.59 Å². The first kappa shape index (κ1) is 18.4. The molecule has 1 atom stereocenters. The number of thiophene rings is 1. The molecule has 1 aromatic carbocycles. The number of nitrogens with one attached hydrogen (secondary N) is 1. The third kappa shape index (κ3) is 3.32. The molecule has 0 unspecified atom stereocenters. The van der Waals surface area contributed by atoms with Crippen LogP contribution in [-0.4, -0.2) is 32.1 Å². The first-order valence-electron chi connectivity index (χ1n) is 7.84. The summed E-state index contributed by atoms with van der Waals surface area (Å²) in [5.74, 6) is -1.93. The Kier molecular flexibility index (Phi) is 5.29. The zero-order chi connectivity index (χ0) is 18.8. The average Bonchev–Trinajstić information content (AvgIpc) is 3.19. The summed E-state index contributed by atoms with van der Waals surface area (Å²) in [6, 6.07) is 6.49. The Balaban J connectivity index is 1.99. The van der Waals surface area contributed by atoms with Gasteiger partial charge in [0.2, 0.25) is 0 Å². The number of esters is 2. The number of halogens is 1. The van der Waals surface area contributed by atoms with Gasteiger partial charge in [0.15, 0.2) is 0 Å². The molecular formula is C18H16ClNO5S. The van der Waals surface area contributed by atoms with Crippen molar-refractivity contribution in [3.8, 4) is 0 Å². The summed E-state index contributed by atoms with van der Waals surface area (Å²) < 4.78 is 9.72. The summed E-state index contributed by atoms with van der Waals surface area (Å²) in [6.07, 6.45) is 1.21. The van der Waals surface area contributed by atoms with E-state index >= 15 is 0 Å². The van der Waals surface area contributed by atoms with Crippen LogP contribution in [-0.2, 0) is 20.7 Å². The third-order valence-corrected chi connectivity index (χ3v) is 5.64. The Labute approximate surface area is 159 Å². The van der Waals surface area contributed by atoms with Gasteiger partial charge in [-0.2, -0.15) is 0 Å². The summed E-state index contributed by atoms with van der Waals surface area (Å²) in [4.78, 5) is 37.8. The number of benzene rings is 1. The molecule has 0 saturated heterocycles. The molecule has 1 aliphatic rings. The van der Waals surface area contributed by atoms with Gasteiger partial charge in [-0.1, -0.05) is 17.7 Å². The molecule has 1 amide bonds. The Morgan fingerprint density at radius 2 is 2.00 bits per heavy atom. The maximum atomic E-state index is 12.5. The number of anilines is 1. The molecule has 6 nitrogen and oxygen atoms in total. The maximum Gasteiger partial charge on any atom is 0.341 e. The summed E-state index contributed by atoms with van der Waals surface area (Å²) in [5, 5.41) is 3.54. The number of rotatable bonds is 4. The molecule has 1 aromatic heterocycles. The van der Waals surface area contributed by atoms with Gasteiger partial charge in [-0.15, -0.1) is 11.3 Å². The smallest absolute Gasteiger partial charge is 0.341 e. The predicted octanol–water partition coefficient (Wildman–Crippen LogP) is 3.64. The standard InChI is InChI=1S/C18H16ClNO5S/c1-24-17(22)11-6-7-12-13(11)14(18(23)25-2)16(26-12)20-15(21)9-4-3-5-10(19)8-9/h3-5,8,11H,6-7H2,1-2H3,(H,20,21)/t11-/m0/s1. The monoisotopic (exact) mass is 393 g/mol. The van der Waals surface area contributed by atoms with Gasteiger partial charge in [0.1, 0.15) is 5.00 Å². The number of carbonyl (C=O) groups excluding carboxylic acids is 3. The molecule has 0 aliphatic heterocycles. The van der Waals surface area contributed by atoms with Crippen LogP contribution in [0.1, 0.15) is 43.5 Å². The van der Waals surface area contributed by atoms with Crippen molar-refractivity contribution in [3.05, 3.63) is 50.9 Å². The van der Waals surface area contributed by atoms with Crippen LogP contribution in [0.5, 0.6) is 0 Å². The molecule has 136 valence electrons. The van der Waals surface area contributed by atoms with Crippen molar-refractivity contribution in [2.75, 3.05) is 19.5 Å². The molecule has 0 bridgehead atoms. The zero-order valence-electron chi connectivity index (χ0n) is 14.1. The van der Waals surface area contributed by atoms with Gasteiger partial charge in [0, 0.05) is 15.5 Å². The Morgan fingerprint density at radius 1 is 1.23 bits per heavy atom. The van der Waals surface area contributed by atoms with Crippen LogP contribution in [0.3, 0.4) is 0 Å². The van der Waals surface area contributed by atoms with Crippen LogP contribution in [0.15, 0.2) is 24.3 Å². The van der Waals surface area contributed by atoms with Gasteiger partial charge >= 0.3 is 11.9 Å². The van der Waals surface area contributed by atoms with Crippen molar-refractivity contribution in [3.63, 3.8) is 0 Å². The summed E-state index contributed by atoms with van der Waals surface area (Å²) in [7, 11) is 2.57. The molecule has 3 rings (SSSR count). The number of amides is 1. The van der Waals surface area contributed by atoms with Crippen molar-refractivity contribution in [1.82, 2.24) is 0 Å². The largest absolute Gasteiger partial charge is 0.469 e. The topological polar surface area (TPSA) is 81.7 Å². The lowest BCUT2D eigenvalue weighted by molar-refractivity contribution is -0.142. The van der Waals surface area contributed by atoms with E-state index in [1.165, 1.54) is 31.6 Å². The van der Waals surface area contributed by atoms with Crippen molar-refractivity contribution >= 4 is 45.8 Å². The van der Waals surface area contributed by atoms with Crippen LogP contribution in [0.4, 0.5) is 5.00 Å². The highest BCUT2D eigenvalue weighted by atomic mass is 35.5. The maximum absolute atomic E-state index is 12.5. The van der Waals surface area contributed by atoms with E-state index in [9.17, 15) is 14.4 Å². The molecule has 2 aromatic rings. The minimum atomic E-state index is -0.598. The number of carbonyl (C=O) groups is 3. The van der Waals surface area contributed by atoms with Gasteiger partial charge in [0.05, 0.1) is 25.7 Å². The van der Waals surface area contributed by atoms with Crippen molar-refractivity contribution in [2.45, 2.75) is 18.8 Å². The Morgan fingerprint density at radius 3 is 2.65 bits per heavy atom. The second kappa shape index (κ2) is 7.47. The number of hydrogen-bond acceptors (Lipinski definition) is 6. The molecule has 0 spiro atoms. The molecule has 1 N–H and O–H groups in total. The lowest BCUT2D eigenvalue weighted by Gasteiger charge is -2.11. The van der Waals surface area contributed by atoms with E-state index in [2.05, 4.69) is 5.32 Å². The van der Waals surface area contributed by atoms with Crippen LogP contribution in [0.2, 0.25) is 5.02 Å². The highest BCUT2D eigenvalue weighted by Crippen LogP contribution is 2.46. The zero-order valence-corrected chi connectivity index (χ0v) is 15.7. The SMILES string of the molecule is COC(=O)c1c(NC(=O)c2cccc(Cl)c2)sc2c1[C@@H](C(=O)OC)CC2. The lowest BCUT2D eigenvalue weighted by atomic mass is 9.99. The fraction of sp³-hybridized carbons (Fsp3) is 0.278. The number of aryl methyl sites for hydroxylation is 1. The molecular weight excluding hydrogens is 378 g/mol. The average molecular weight is 394 g/mol. The molecule has 0 radical (unpaired) electrons. The molecule has 1 aliphatic carbocycles. The molecule has 1 heterocycles. The van der Waals surface area contributed by atoms with Crippen LogP contribution in [0.25, 0.3) is 0 Å². The minimum Gasteiger partial charge on any atom is -0.469 e. The van der Waals surface area contributed by atoms with E-state index in [0.29, 0.717) is 34.0 Å². The molecule has 0 saturated carbocycles. The lowest BCUT2D eigenvalue weighted by Crippen LogP contribution is -2.17. The number of ether oxygens (including phenoxy) is 2. The Bertz CT molecular complexity index is 892. The van der Waals surface area contributed by atoms with Crippen molar-refractivity contribution in [2.24, 2.45) is 0 Å². The van der Waals surface area contributed by atoms with Crippen molar-refractivity contribution in [1.29, 1.82) is 0 Å². The van der Waals surface area contributed by atoms with E-state index < -0.39 is 23.8 Å². The first-order chi connectivity index (χ1) is 12.5. The quantitative estimate of drug-likeness (QED) is 0.802. The van der Waals surface area contributed by atoms with Gasteiger partial charge in [0.25, 0.3) is 5.91 Å². The van der Waals surface area contributed by atoms with E-state index in [4.69, 9.17) is 21.1 Å². The van der Waals surface area contributed by atoms with E-state index in [1.807, 2.05) is 0 Å². The predicted molar refractivity (Wildman–Crippen MR) is 98.1 cm³/mol. The van der Waals surface area contributed by atoms with Crippen molar-refractivity contribution < 1.29 is 23.9 Å². The van der Waals surface area contributed by atoms with E-state index in [0.717, 1.165) is 4.88 Å². The molecule has 8 heteroatoms. The normalized spacial score (nSPS) is 15.3. The van der Waals surface area contributed by atoms with Crippen LogP contribution in [0, 0.1) is 0 Å². The summed E-state index contributed by atoms with van der Waals surface area (Å²) in [6.45, 7) is 0. The van der Waals surface area contributed by atoms with E-state index in [-0.39, 0.29) is 5.56 Å². The summed E-state index contributed by atoms with van der Waals surface area (Å²) >= 11 is 7.20. The number of hydrogen-bond donors (Lipinski definition) is 1. The minimum absolute atomic E-state index is 0.218. The third-order valence-electron chi connectivity index (χ3n) is 4.22. The fourth-order valence-electron chi connectivity index (χ4n) is 3.04. The van der Waals surface area contributed by atoms with Crippen LogP contribution < -0.4 is 5.32 Å².